The van der Waals surface area contributed by atoms with E-state index in [2.05, 4.69) is 0 Å². The average molecular weight is 444 g/mol. The van der Waals surface area contributed by atoms with Crippen LogP contribution in [-0.2, 0) is 19.2 Å². The van der Waals surface area contributed by atoms with Crippen LogP contribution in [0.1, 0.15) is 35.2 Å². The number of nitrogens with two attached hydrogens (primary N) is 1. The number of aromatic hydroxyl groups is 1. The van der Waals surface area contributed by atoms with Crippen molar-refractivity contribution in [1.82, 2.24) is 4.90 Å². The van der Waals surface area contributed by atoms with Crippen LogP contribution in [0.4, 0.5) is 0 Å². The van der Waals surface area contributed by atoms with E-state index in [1.54, 1.807) is 19.1 Å². The molecule has 3 aliphatic rings. The van der Waals surface area contributed by atoms with E-state index in [1.165, 1.54) is 25.1 Å². The summed E-state index contributed by atoms with van der Waals surface area (Å²) in [5.74, 6) is -11.4. The van der Waals surface area contributed by atoms with E-state index in [0.29, 0.717) is 5.56 Å². The number of Topliss-reactive ketones (excluding diaryl/α,β-unsaturated/α-hetero) is 4. The molecule has 0 spiro atoms. The smallest absolute Gasteiger partial charge is 0.235 e. The van der Waals surface area contributed by atoms with E-state index >= 15 is 0 Å². The minimum absolute atomic E-state index is 0.0846. The van der Waals surface area contributed by atoms with Crippen LogP contribution in [0.2, 0.25) is 0 Å². The Morgan fingerprint density at radius 2 is 1.75 bits per heavy atom. The zero-order valence-corrected chi connectivity index (χ0v) is 17.7. The van der Waals surface area contributed by atoms with E-state index in [0.717, 1.165) is 0 Å². The van der Waals surface area contributed by atoms with Crippen LogP contribution in [0.25, 0.3) is 0 Å². The Morgan fingerprint density at radius 3 is 2.31 bits per heavy atom. The molecule has 10 nitrogen and oxygen atoms in total. The number of carbonyl (C=O) groups excluding carboxylic acids is 5. The molecule has 0 heterocycles. The van der Waals surface area contributed by atoms with Crippen LogP contribution in [0.15, 0.2) is 18.2 Å². The van der Waals surface area contributed by atoms with Crippen molar-refractivity contribution < 1.29 is 39.3 Å². The fraction of sp³-hybridized carbons (Fsp3) is 0.500. The summed E-state index contributed by atoms with van der Waals surface area (Å²) in [6.45, 7) is 1.70. The highest BCUT2D eigenvalue weighted by Crippen LogP contribution is 2.55. The second-order valence-electron chi connectivity index (χ2n) is 9.21. The molecule has 0 bridgehead atoms. The average Bonchev–Trinajstić information content (AvgIpc) is 2.68. The Labute approximate surface area is 183 Å². The largest absolute Gasteiger partial charge is 0.507 e. The Bertz CT molecular complexity index is 1100. The molecule has 0 saturated heterocycles. The van der Waals surface area contributed by atoms with Crippen LogP contribution in [-0.4, -0.2) is 80.6 Å². The lowest BCUT2D eigenvalue weighted by Crippen LogP contribution is -2.83. The number of amides is 1. The minimum atomic E-state index is -3.20. The number of ketones is 4. The molecule has 0 aliphatic heterocycles. The van der Waals surface area contributed by atoms with Gasteiger partial charge in [0.05, 0.1) is 11.5 Å². The third-order valence-corrected chi connectivity index (χ3v) is 7.40. The second kappa shape index (κ2) is 6.77. The summed E-state index contributed by atoms with van der Waals surface area (Å²) in [5, 5.41) is 33.4. The van der Waals surface area contributed by atoms with Crippen molar-refractivity contribution in [2.24, 2.45) is 23.5 Å². The van der Waals surface area contributed by atoms with Gasteiger partial charge in [-0.05, 0) is 44.0 Å². The topological polar surface area (TPSA) is 175 Å². The van der Waals surface area contributed by atoms with Crippen molar-refractivity contribution in [2.75, 3.05) is 14.1 Å². The van der Waals surface area contributed by atoms with Gasteiger partial charge in [0.15, 0.2) is 29.1 Å². The van der Waals surface area contributed by atoms with E-state index in [-0.39, 0.29) is 11.3 Å². The van der Waals surface area contributed by atoms with Gasteiger partial charge in [-0.15, -0.1) is 0 Å². The number of likely N-dealkylation sites (N-methyl/N-ethyl adjacent to an activating group) is 1. The maximum atomic E-state index is 13.6. The molecule has 10 heteroatoms. The summed E-state index contributed by atoms with van der Waals surface area (Å²) in [6, 6.07) is 2.85. The molecule has 2 fully saturated rings. The van der Waals surface area contributed by atoms with E-state index in [4.69, 9.17) is 5.73 Å². The Hall–Kier alpha value is -2.95. The number of phenolic OH excluding ortho intramolecular Hbond substituents is 1. The third-order valence-electron chi connectivity index (χ3n) is 7.40. The van der Waals surface area contributed by atoms with Gasteiger partial charge in [-0.2, -0.15) is 0 Å². The normalized spacial score (nSPS) is 38.9. The Kier molecular flexibility index (Phi) is 4.71. The predicted octanol–water partition coefficient (Wildman–Crippen LogP) is -1.46. The molecule has 2 saturated carbocycles. The molecular formula is C22H24N2O8. The van der Waals surface area contributed by atoms with Gasteiger partial charge in [-0.3, -0.25) is 28.9 Å². The maximum absolute atomic E-state index is 13.6. The molecule has 0 aromatic heterocycles. The van der Waals surface area contributed by atoms with Crippen LogP contribution in [0.5, 0.6) is 5.75 Å². The second-order valence-corrected chi connectivity index (χ2v) is 9.21. The van der Waals surface area contributed by atoms with Crippen molar-refractivity contribution in [3.05, 3.63) is 29.3 Å². The molecule has 4 rings (SSSR count). The summed E-state index contributed by atoms with van der Waals surface area (Å²) >= 11 is 0. The lowest BCUT2D eigenvalue weighted by atomic mass is 9.48. The maximum Gasteiger partial charge on any atom is 0.235 e. The molecule has 7 atom stereocenters. The van der Waals surface area contributed by atoms with Gasteiger partial charge in [0, 0.05) is 0 Å². The Balaban J connectivity index is 1.97. The summed E-state index contributed by atoms with van der Waals surface area (Å²) in [4.78, 5) is 66.3. The summed E-state index contributed by atoms with van der Waals surface area (Å²) in [6.07, 6.45) is -0.437. The summed E-state index contributed by atoms with van der Waals surface area (Å²) < 4.78 is 0. The van der Waals surface area contributed by atoms with Gasteiger partial charge in [0.2, 0.25) is 11.5 Å². The van der Waals surface area contributed by atoms with Gasteiger partial charge >= 0.3 is 0 Å². The number of rotatable bonds is 2. The molecule has 1 aromatic carbocycles. The van der Waals surface area contributed by atoms with Crippen LogP contribution in [0, 0.1) is 17.8 Å². The number of nitrogens with zero attached hydrogens (tertiary/aromatic N) is 1. The zero-order valence-electron chi connectivity index (χ0n) is 17.7. The van der Waals surface area contributed by atoms with Gasteiger partial charge in [-0.25, -0.2) is 0 Å². The molecule has 5 N–H and O–H groups in total. The fourth-order valence-corrected chi connectivity index (χ4v) is 5.95. The number of primary amides is 1. The van der Waals surface area contributed by atoms with Gasteiger partial charge < -0.3 is 21.1 Å². The van der Waals surface area contributed by atoms with E-state index in [9.17, 15) is 39.3 Å². The van der Waals surface area contributed by atoms with Crippen LogP contribution >= 0.6 is 0 Å². The molecule has 32 heavy (non-hydrogen) atoms. The number of hydrogen-bond acceptors (Lipinski definition) is 9. The third kappa shape index (κ3) is 2.42. The lowest BCUT2D eigenvalue weighted by Gasteiger charge is -2.58. The summed E-state index contributed by atoms with van der Waals surface area (Å²) in [5.41, 5.74) is -0.169. The van der Waals surface area contributed by atoms with Crippen molar-refractivity contribution in [3.63, 3.8) is 0 Å². The molecule has 1 aromatic rings. The quantitative estimate of drug-likeness (QED) is 0.397. The predicted molar refractivity (Wildman–Crippen MR) is 108 cm³/mol. The standard InChI is InChI=1S/C22H24N2O8/c1-8-9-5-4-6-11(25)12(9)15(26)13-10(8)7-21(31)17(24(2)3)16(27)14(20(23)30)19(29)22(21,32)18(13)28/h4-6,8,10,13-14,17,25,31-32H,7H2,1-3H3,(H2,23,30)/t8-,10+,13?,14?,17+,21?,22-/m0/s1. The molecule has 3 unspecified atom stereocenters. The lowest BCUT2D eigenvalue weighted by molar-refractivity contribution is -0.222. The fourth-order valence-electron chi connectivity index (χ4n) is 5.95. The van der Waals surface area contributed by atoms with Gasteiger partial charge in [0.25, 0.3) is 0 Å². The van der Waals surface area contributed by atoms with E-state index < -0.39 is 76.4 Å². The van der Waals surface area contributed by atoms with Crippen molar-refractivity contribution in [2.45, 2.75) is 36.5 Å². The zero-order chi connectivity index (χ0) is 23.9. The number of benzene rings is 1. The molecular weight excluding hydrogens is 420 g/mol. The first kappa shape index (κ1) is 22.3. The van der Waals surface area contributed by atoms with E-state index in [1.807, 2.05) is 0 Å². The highest BCUT2D eigenvalue weighted by Gasteiger charge is 2.76. The van der Waals surface area contributed by atoms with Gasteiger partial charge in [-0.1, -0.05) is 19.1 Å². The molecule has 0 radical (unpaired) electrons. The Morgan fingerprint density at radius 1 is 1.12 bits per heavy atom. The molecule has 170 valence electrons. The monoisotopic (exact) mass is 444 g/mol. The van der Waals surface area contributed by atoms with Crippen molar-refractivity contribution in [3.8, 4) is 5.75 Å². The van der Waals surface area contributed by atoms with Crippen LogP contribution in [0.3, 0.4) is 0 Å². The number of carbonyl (C=O) groups is 5. The number of phenols is 1. The van der Waals surface area contributed by atoms with Gasteiger partial charge in [0.1, 0.15) is 17.4 Å². The number of hydrogen-bond donors (Lipinski definition) is 4. The first-order valence-corrected chi connectivity index (χ1v) is 10.2. The first-order valence-electron chi connectivity index (χ1n) is 10.2. The highest BCUT2D eigenvalue weighted by atomic mass is 16.4. The number of aliphatic hydroxyl groups is 2. The SMILES string of the molecule is C[C@H]1c2cccc(O)c2C(=O)C2C(=O)[C@]3(O)C(=O)C(C(N)=O)C(=O)[C@@H](N(C)C)C3(O)C[C@@H]21. The summed E-state index contributed by atoms with van der Waals surface area (Å²) in [7, 11) is 2.79. The van der Waals surface area contributed by atoms with Crippen LogP contribution < -0.4 is 5.73 Å². The molecule has 1 amide bonds. The first-order chi connectivity index (χ1) is 14.8. The van der Waals surface area contributed by atoms with Crippen molar-refractivity contribution in [1.29, 1.82) is 0 Å². The van der Waals surface area contributed by atoms with Crippen molar-refractivity contribution >= 4 is 29.0 Å². The minimum Gasteiger partial charge on any atom is -0.507 e. The molecule has 3 aliphatic carbocycles. The number of fused-ring (bicyclic) bond motifs is 3. The highest BCUT2D eigenvalue weighted by molar-refractivity contribution is 6.33.